The second kappa shape index (κ2) is 8.63. The van der Waals surface area contributed by atoms with Crippen LogP contribution in [0.25, 0.3) is 0 Å². The minimum absolute atomic E-state index is 0.0805. The molecular formula is C20H15Cl3FNO. The molecule has 0 aliphatic rings. The van der Waals surface area contributed by atoms with E-state index in [1.165, 1.54) is 6.07 Å². The molecule has 0 saturated heterocycles. The van der Waals surface area contributed by atoms with Crippen molar-refractivity contribution in [3.8, 4) is 5.75 Å². The number of rotatable bonds is 6. The fourth-order valence-electron chi connectivity index (χ4n) is 2.39. The fourth-order valence-corrected chi connectivity index (χ4v) is 3.03. The Morgan fingerprint density at radius 1 is 0.846 bits per heavy atom. The summed E-state index contributed by atoms with van der Waals surface area (Å²) in [6.07, 6.45) is 0. The van der Waals surface area contributed by atoms with Gasteiger partial charge in [0.15, 0.2) is 0 Å². The molecule has 0 aromatic heterocycles. The Bertz CT molecular complexity index is 917. The number of hydrogen-bond acceptors (Lipinski definition) is 2. The van der Waals surface area contributed by atoms with E-state index in [-0.39, 0.29) is 5.02 Å². The Balaban J connectivity index is 1.68. The van der Waals surface area contributed by atoms with Gasteiger partial charge in [-0.15, -0.1) is 0 Å². The third-order valence-electron chi connectivity index (χ3n) is 3.77. The molecule has 26 heavy (non-hydrogen) atoms. The minimum Gasteiger partial charge on any atom is -0.488 e. The highest BCUT2D eigenvalue weighted by molar-refractivity contribution is 6.35. The molecule has 0 spiro atoms. The summed E-state index contributed by atoms with van der Waals surface area (Å²) >= 11 is 17.9. The molecule has 0 heterocycles. The van der Waals surface area contributed by atoms with E-state index in [4.69, 9.17) is 39.5 Å². The van der Waals surface area contributed by atoms with E-state index in [9.17, 15) is 4.39 Å². The average molecular weight is 411 g/mol. The predicted octanol–water partition coefficient (Wildman–Crippen LogP) is 6.98. The molecule has 0 aliphatic carbocycles. The van der Waals surface area contributed by atoms with Crippen molar-refractivity contribution in [3.63, 3.8) is 0 Å². The van der Waals surface area contributed by atoms with Crippen molar-refractivity contribution in [3.05, 3.63) is 92.7 Å². The first kappa shape index (κ1) is 18.8. The van der Waals surface area contributed by atoms with Crippen molar-refractivity contribution >= 4 is 40.5 Å². The SMILES string of the molecule is Fc1ccc(NCc2ccccc2OCc2ccc(Cl)cc2Cl)cc1Cl. The lowest BCUT2D eigenvalue weighted by atomic mass is 10.2. The van der Waals surface area contributed by atoms with Crippen LogP contribution in [-0.4, -0.2) is 0 Å². The molecule has 6 heteroatoms. The molecule has 3 rings (SSSR count). The maximum Gasteiger partial charge on any atom is 0.141 e. The van der Waals surface area contributed by atoms with Crippen LogP contribution in [0.15, 0.2) is 60.7 Å². The van der Waals surface area contributed by atoms with Gasteiger partial charge in [-0.2, -0.15) is 0 Å². The van der Waals surface area contributed by atoms with Crippen LogP contribution in [0, 0.1) is 5.82 Å². The van der Waals surface area contributed by atoms with Crippen molar-refractivity contribution in [2.45, 2.75) is 13.2 Å². The van der Waals surface area contributed by atoms with E-state index in [0.29, 0.717) is 23.2 Å². The van der Waals surface area contributed by atoms with Crippen LogP contribution in [0.1, 0.15) is 11.1 Å². The fraction of sp³-hybridized carbons (Fsp3) is 0.100. The summed E-state index contributed by atoms with van der Waals surface area (Å²) in [4.78, 5) is 0. The maximum atomic E-state index is 13.2. The van der Waals surface area contributed by atoms with Crippen LogP contribution < -0.4 is 10.1 Å². The molecule has 1 N–H and O–H groups in total. The number of anilines is 1. The van der Waals surface area contributed by atoms with Crippen LogP contribution in [0.4, 0.5) is 10.1 Å². The number of benzene rings is 3. The predicted molar refractivity (Wildman–Crippen MR) is 106 cm³/mol. The minimum atomic E-state index is -0.444. The van der Waals surface area contributed by atoms with Gasteiger partial charge in [-0.3, -0.25) is 0 Å². The molecule has 3 aromatic rings. The van der Waals surface area contributed by atoms with Crippen molar-refractivity contribution < 1.29 is 9.13 Å². The zero-order chi connectivity index (χ0) is 18.5. The Morgan fingerprint density at radius 2 is 1.65 bits per heavy atom. The van der Waals surface area contributed by atoms with Gasteiger partial charge in [-0.25, -0.2) is 4.39 Å². The summed E-state index contributed by atoms with van der Waals surface area (Å²) in [5, 5.41) is 4.44. The second-order valence-corrected chi connectivity index (χ2v) is 6.87. The molecule has 0 saturated carbocycles. The maximum absolute atomic E-state index is 13.2. The van der Waals surface area contributed by atoms with Gasteiger partial charge in [-0.1, -0.05) is 59.1 Å². The van der Waals surface area contributed by atoms with E-state index >= 15 is 0 Å². The summed E-state index contributed by atoms with van der Waals surface area (Å²) in [5.74, 6) is 0.292. The third-order valence-corrected chi connectivity index (χ3v) is 4.65. The highest BCUT2D eigenvalue weighted by Crippen LogP contribution is 2.25. The van der Waals surface area contributed by atoms with Crippen LogP contribution in [0.2, 0.25) is 15.1 Å². The molecule has 0 amide bonds. The van der Waals surface area contributed by atoms with Gasteiger partial charge in [0.05, 0.1) is 5.02 Å². The van der Waals surface area contributed by atoms with Crippen molar-refractivity contribution in [2.24, 2.45) is 0 Å². The summed E-state index contributed by atoms with van der Waals surface area (Å²) < 4.78 is 19.2. The number of nitrogens with one attached hydrogen (secondary N) is 1. The summed E-state index contributed by atoms with van der Waals surface area (Å²) in [5.41, 5.74) is 2.54. The van der Waals surface area contributed by atoms with Crippen LogP contribution in [-0.2, 0) is 13.2 Å². The van der Waals surface area contributed by atoms with Crippen molar-refractivity contribution in [2.75, 3.05) is 5.32 Å². The number of hydrogen-bond donors (Lipinski definition) is 1. The van der Waals surface area contributed by atoms with Gasteiger partial charge < -0.3 is 10.1 Å². The summed E-state index contributed by atoms with van der Waals surface area (Å²) in [6, 6.07) is 17.5. The zero-order valence-corrected chi connectivity index (χ0v) is 15.9. The number of para-hydroxylation sites is 1. The highest BCUT2D eigenvalue weighted by Gasteiger charge is 2.07. The molecule has 0 unspecified atom stereocenters. The molecule has 0 atom stereocenters. The Kier molecular flexibility index (Phi) is 6.25. The van der Waals surface area contributed by atoms with Gasteiger partial charge in [0.1, 0.15) is 18.2 Å². The lowest BCUT2D eigenvalue weighted by molar-refractivity contribution is 0.303. The number of ether oxygens (including phenoxy) is 1. The lowest BCUT2D eigenvalue weighted by Gasteiger charge is -2.14. The molecule has 0 aliphatic heterocycles. The molecule has 0 fully saturated rings. The Labute approximate surface area is 166 Å². The molecule has 0 radical (unpaired) electrons. The quantitative estimate of drug-likeness (QED) is 0.473. The first-order chi connectivity index (χ1) is 12.5. The van der Waals surface area contributed by atoms with Crippen LogP contribution in [0.5, 0.6) is 5.75 Å². The average Bonchev–Trinajstić information content (AvgIpc) is 2.63. The van der Waals surface area contributed by atoms with E-state index in [1.807, 2.05) is 30.3 Å². The monoisotopic (exact) mass is 409 g/mol. The normalized spacial score (nSPS) is 10.6. The van der Waals surface area contributed by atoms with Gasteiger partial charge in [0, 0.05) is 33.4 Å². The second-order valence-electron chi connectivity index (χ2n) is 5.61. The zero-order valence-electron chi connectivity index (χ0n) is 13.6. The van der Waals surface area contributed by atoms with Gasteiger partial charge in [0.2, 0.25) is 0 Å². The molecule has 0 bridgehead atoms. The van der Waals surface area contributed by atoms with Gasteiger partial charge in [0.25, 0.3) is 0 Å². The Hall–Kier alpha value is -1.94. The smallest absolute Gasteiger partial charge is 0.141 e. The summed E-state index contributed by atoms with van der Waals surface area (Å²) in [6.45, 7) is 0.835. The van der Waals surface area contributed by atoms with Crippen LogP contribution >= 0.6 is 34.8 Å². The largest absolute Gasteiger partial charge is 0.488 e. The molecule has 2 nitrogen and oxygen atoms in total. The van der Waals surface area contributed by atoms with E-state index in [2.05, 4.69) is 5.32 Å². The molecule has 134 valence electrons. The van der Waals surface area contributed by atoms with Crippen LogP contribution in [0.3, 0.4) is 0 Å². The van der Waals surface area contributed by atoms with Gasteiger partial charge in [-0.05, 0) is 36.4 Å². The molecular weight excluding hydrogens is 396 g/mol. The van der Waals surface area contributed by atoms with E-state index in [0.717, 1.165) is 22.6 Å². The topological polar surface area (TPSA) is 21.3 Å². The first-order valence-electron chi connectivity index (χ1n) is 7.86. The Morgan fingerprint density at radius 3 is 2.42 bits per heavy atom. The third kappa shape index (κ3) is 4.82. The highest BCUT2D eigenvalue weighted by atomic mass is 35.5. The van der Waals surface area contributed by atoms with Crippen molar-refractivity contribution in [1.82, 2.24) is 0 Å². The van der Waals surface area contributed by atoms with Gasteiger partial charge >= 0.3 is 0 Å². The lowest BCUT2D eigenvalue weighted by Crippen LogP contribution is -2.04. The summed E-state index contributed by atoms with van der Waals surface area (Å²) in [7, 11) is 0. The standard InChI is InChI=1S/C20H15Cl3FNO/c21-15-6-5-14(17(22)9-15)12-26-20-4-2-1-3-13(20)11-25-16-7-8-19(24)18(23)10-16/h1-10,25H,11-12H2. The van der Waals surface area contributed by atoms with E-state index < -0.39 is 5.82 Å². The molecule has 3 aromatic carbocycles. The first-order valence-corrected chi connectivity index (χ1v) is 9.00. The number of halogens is 4. The van der Waals surface area contributed by atoms with Crippen molar-refractivity contribution in [1.29, 1.82) is 0 Å². The van der Waals surface area contributed by atoms with E-state index in [1.54, 1.807) is 24.3 Å².